The molecule has 1 fully saturated rings. The Kier molecular flexibility index (Phi) is 4.13. The van der Waals surface area contributed by atoms with E-state index >= 15 is 0 Å². The maximum atomic E-state index is 10.9. The number of nitrogens with one attached hydrogen (secondary N) is 2. The maximum absolute atomic E-state index is 10.9. The zero-order chi connectivity index (χ0) is 13.8. The van der Waals surface area contributed by atoms with Crippen molar-refractivity contribution < 1.29 is 9.66 Å². The lowest BCUT2D eigenvalue weighted by Crippen LogP contribution is -2.41. The van der Waals surface area contributed by atoms with Gasteiger partial charge in [0.05, 0.1) is 11.0 Å². The van der Waals surface area contributed by atoms with Crippen LogP contribution in [-0.4, -0.2) is 28.7 Å². The third kappa shape index (κ3) is 3.09. The van der Waals surface area contributed by atoms with Crippen LogP contribution in [0.25, 0.3) is 0 Å². The highest BCUT2D eigenvalue weighted by Gasteiger charge is 2.31. The number of ether oxygens (including phenoxy) is 1. The van der Waals surface area contributed by atoms with E-state index in [-0.39, 0.29) is 23.7 Å². The summed E-state index contributed by atoms with van der Waals surface area (Å²) in [7, 11) is 0. The predicted octanol–water partition coefficient (Wildman–Crippen LogP) is 1.25. The van der Waals surface area contributed by atoms with Crippen molar-refractivity contribution in [1.82, 2.24) is 4.98 Å². The molecule has 1 aromatic heterocycles. The smallest absolute Gasteiger partial charge is 0.311 e. The molecule has 0 amide bonds. The molecule has 104 valence electrons. The van der Waals surface area contributed by atoms with Crippen molar-refractivity contribution in [3.63, 3.8) is 0 Å². The van der Waals surface area contributed by atoms with Crippen LogP contribution in [0.5, 0.6) is 0 Å². The number of rotatable bonds is 6. The van der Waals surface area contributed by atoms with E-state index in [9.17, 15) is 10.1 Å². The molecule has 1 aliphatic rings. The van der Waals surface area contributed by atoms with Crippen molar-refractivity contribution in [1.29, 1.82) is 0 Å². The van der Waals surface area contributed by atoms with Crippen molar-refractivity contribution in [3.05, 3.63) is 22.2 Å². The summed E-state index contributed by atoms with van der Waals surface area (Å²) in [6, 6.07) is 2.99. The minimum atomic E-state index is -0.464. The summed E-state index contributed by atoms with van der Waals surface area (Å²) in [4.78, 5) is 14.5. The van der Waals surface area contributed by atoms with Crippen LogP contribution in [0.3, 0.4) is 0 Å². The molecule has 1 heterocycles. The van der Waals surface area contributed by atoms with Crippen molar-refractivity contribution in [2.24, 2.45) is 5.84 Å². The number of hydrogen-bond acceptors (Lipinski definition) is 7. The first-order valence-corrected chi connectivity index (χ1v) is 6.14. The number of nitrogen functional groups attached to an aromatic ring is 1. The van der Waals surface area contributed by atoms with E-state index in [0.717, 1.165) is 12.8 Å². The lowest BCUT2D eigenvalue weighted by atomic mass is 9.89. The number of aromatic nitrogens is 1. The molecule has 8 nitrogen and oxygen atoms in total. The van der Waals surface area contributed by atoms with Gasteiger partial charge in [-0.1, -0.05) is 0 Å². The molecule has 1 aromatic rings. The molecule has 0 radical (unpaired) electrons. The Morgan fingerprint density at radius 3 is 2.89 bits per heavy atom. The normalized spacial score (nSPS) is 21.6. The van der Waals surface area contributed by atoms with E-state index in [1.54, 1.807) is 0 Å². The van der Waals surface area contributed by atoms with Crippen LogP contribution < -0.4 is 16.6 Å². The van der Waals surface area contributed by atoms with Crippen LogP contribution in [0.4, 0.5) is 17.3 Å². The highest BCUT2D eigenvalue weighted by molar-refractivity contribution is 5.60. The minimum Gasteiger partial charge on any atom is -0.378 e. The number of hydrazine groups is 1. The Labute approximate surface area is 110 Å². The third-order valence-corrected chi connectivity index (χ3v) is 3.06. The van der Waals surface area contributed by atoms with Crippen LogP contribution >= 0.6 is 0 Å². The Morgan fingerprint density at radius 2 is 2.32 bits per heavy atom. The molecule has 0 aromatic carbocycles. The van der Waals surface area contributed by atoms with Crippen LogP contribution in [0.15, 0.2) is 12.1 Å². The van der Waals surface area contributed by atoms with E-state index in [1.807, 2.05) is 6.92 Å². The zero-order valence-corrected chi connectivity index (χ0v) is 10.6. The molecule has 4 N–H and O–H groups in total. The van der Waals surface area contributed by atoms with Gasteiger partial charge in [0.15, 0.2) is 0 Å². The van der Waals surface area contributed by atoms with Gasteiger partial charge in [-0.25, -0.2) is 10.8 Å². The van der Waals surface area contributed by atoms with Crippen LogP contribution in [-0.2, 0) is 4.74 Å². The van der Waals surface area contributed by atoms with E-state index in [4.69, 9.17) is 10.6 Å². The number of nitrogens with zero attached hydrogens (tertiary/aromatic N) is 2. The number of pyridine rings is 1. The Balaban J connectivity index is 2.04. The van der Waals surface area contributed by atoms with Crippen molar-refractivity contribution in [3.8, 4) is 0 Å². The summed E-state index contributed by atoms with van der Waals surface area (Å²) in [5, 5.41) is 14.0. The predicted molar refractivity (Wildman–Crippen MR) is 70.8 cm³/mol. The second-order valence-electron chi connectivity index (χ2n) is 4.36. The fourth-order valence-electron chi connectivity index (χ4n) is 2.03. The third-order valence-electron chi connectivity index (χ3n) is 3.06. The largest absolute Gasteiger partial charge is 0.378 e. The van der Waals surface area contributed by atoms with Crippen LogP contribution in [0.1, 0.15) is 19.8 Å². The number of nitro groups is 1. The molecule has 0 atom stereocenters. The first-order valence-electron chi connectivity index (χ1n) is 6.14. The highest BCUT2D eigenvalue weighted by atomic mass is 16.6. The number of anilines is 2. The van der Waals surface area contributed by atoms with Gasteiger partial charge in [0, 0.05) is 18.7 Å². The van der Waals surface area contributed by atoms with Crippen LogP contribution in [0.2, 0.25) is 0 Å². The fourth-order valence-corrected chi connectivity index (χ4v) is 2.03. The summed E-state index contributed by atoms with van der Waals surface area (Å²) in [5.41, 5.74) is 2.32. The highest BCUT2D eigenvalue weighted by Crippen LogP contribution is 2.30. The first-order chi connectivity index (χ1) is 9.13. The average Bonchev–Trinajstić information content (AvgIpc) is 2.35. The second-order valence-corrected chi connectivity index (χ2v) is 4.36. The molecule has 1 saturated carbocycles. The molecule has 0 spiro atoms. The Hall–Kier alpha value is -1.93. The summed E-state index contributed by atoms with van der Waals surface area (Å²) in [5.74, 6) is 5.87. The lowest BCUT2D eigenvalue weighted by molar-refractivity contribution is -0.384. The quantitative estimate of drug-likeness (QED) is 0.403. The molecule has 8 heteroatoms. The minimum absolute atomic E-state index is 0.0566. The molecule has 1 aliphatic carbocycles. The van der Waals surface area contributed by atoms with Gasteiger partial charge < -0.3 is 15.5 Å². The summed E-state index contributed by atoms with van der Waals surface area (Å²) < 4.78 is 5.44. The molecule has 2 rings (SSSR count). The Bertz CT molecular complexity index is 462. The van der Waals surface area contributed by atoms with Gasteiger partial charge in [-0.2, -0.15) is 0 Å². The summed E-state index contributed by atoms with van der Waals surface area (Å²) in [6.45, 7) is 2.63. The number of hydrogen-bond donors (Lipinski definition) is 3. The molecule has 0 unspecified atom stereocenters. The average molecular weight is 267 g/mol. The van der Waals surface area contributed by atoms with E-state index < -0.39 is 4.92 Å². The van der Waals surface area contributed by atoms with Gasteiger partial charge in [0.25, 0.3) is 0 Å². The van der Waals surface area contributed by atoms with Gasteiger partial charge in [0.2, 0.25) is 5.82 Å². The van der Waals surface area contributed by atoms with E-state index in [1.165, 1.54) is 12.1 Å². The zero-order valence-electron chi connectivity index (χ0n) is 10.6. The van der Waals surface area contributed by atoms with Gasteiger partial charge in [0.1, 0.15) is 5.82 Å². The second kappa shape index (κ2) is 5.81. The van der Waals surface area contributed by atoms with E-state index in [0.29, 0.717) is 12.4 Å². The van der Waals surface area contributed by atoms with Crippen LogP contribution in [0, 0.1) is 10.1 Å². The molecular formula is C11H17N5O3. The lowest BCUT2D eigenvalue weighted by Gasteiger charge is -2.35. The topological polar surface area (TPSA) is 115 Å². The first kappa shape index (κ1) is 13.5. The van der Waals surface area contributed by atoms with Gasteiger partial charge in [-0.3, -0.25) is 10.1 Å². The monoisotopic (exact) mass is 267 g/mol. The Morgan fingerprint density at radius 1 is 1.58 bits per heavy atom. The number of nitrogens with two attached hydrogens (primary N) is 1. The van der Waals surface area contributed by atoms with Crippen molar-refractivity contribution >= 4 is 17.3 Å². The standard InChI is InChI=1S/C11H17N5O3/c1-2-19-8-5-7(6-8)13-11-9(16(17)18)3-4-10(14-11)15-12/h3-4,7-8H,2,5-6,12H2,1H3,(H2,13,14,15). The summed E-state index contributed by atoms with van der Waals surface area (Å²) >= 11 is 0. The molecule has 19 heavy (non-hydrogen) atoms. The van der Waals surface area contributed by atoms with Gasteiger partial charge in [-0.15, -0.1) is 0 Å². The SMILES string of the molecule is CCOC1CC(Nc2nc(NN)ccc2[N+](=O)[O-])C1. The van der Waals surface area contributed by atoms with Gasteiger partial charge >= 0.3 is 5.69 Å². The molecule has 0 saturated heterocycles. The maximum Gasteiger partial charge on any atom is 0.311 e. The summed E-state index contributed by atoms with van der Waals surface area (Å²) in [6.07, 6.45) is 1.89. The molecular weight excluding hydrogens is 250 g/mol. The molecule has 0 aliphatic heterocycles. The molecule has 0 bridgehead atoms. The van der Waals surface area contributed by atoms with Gasteiger partial charge in [-0.05, 0) is 25.8 Å². The van der Waals surface area contributed by atoms with E-state index in [2.05, 4.69) is 15.7 Å². The van der Waals surface area contributed by atoms with Crippen molar-refractivity contribution in [2.75, 3.05) is 17.3 Å². The fraction of sp³-hybridized carbons (Fsp3) is 0.545. The van der Waals surface area contributed by atoms with Crippen molar-refractivity contribution in [2.45, 2.75) is 31.9 Å².